The molecule has 13 nitrogen and oxygen atoms in total. The summed E-state index contributed by atoms with van der Waals surface area (Å²) in [6.07, 6.45) is 1.58. The SMILES string of the molecule is CC[Si](CC)(CC)O[C@H]1C[C@H]2O[C@H]3CC[C@H]4O[C@H]5C[C@@]6(C)O[C@@]7(C)[C@@H](OCc8ccccc8)C[C@H](CCCOCc8ccccc8)O[C@@H]7C[C@@H]6O[C@@H]5C[C@@H]4O[C@]3(C)C[C@]2(C)O[C@@H]1COS(=O)(=O)C(F)(F)F. The van der Waals surface area contributed by atoms with Gasteiger partial charge in [-0.15, -0.1) is 0 Å². The minimum absolute atomic E-state index is 0.0498. The van der Waals surface area contributed by atoms with Gasteiger partial charge in [-0.2, -0.15) is 21.6 Å². The molecule has 0 bridgehead atoms. The van der Waals surface area contributed by atoms with E-state index in [4.69, 9.17) is 47.1 Å². The first-order chi connectivity index (χ1) is 33.7. The quantitative estimate of drug-likeness (QED) is 0.0645. The molecule has 7 saturated heterocycles. The summed E-state index contributed by atoms with van der Waals surface area (Å²) < 4.78 is 139. The third kappa shape index (κ3) is 11.3. The molecule has 2 aromatic carbocycles. The van der Waals surface area contributed by atoms with Crippen LogP contribution in [0.4, 0.5) is 13.2 Å². The smallest absolute Gasteiger partial charge is 0.411 e. The van der Waals surface area contributed by atoms with Crippen molar-refractivity contribution < 1.29 is 72.8 Å². The van der Waals surface area contributed by atoms with Gasteiger partial charge in [0.25, 0.3) is 0 Å². The van der Waals surface area contributed by atoms with E-state index in [0.29, 0.717) is 71.2 Å². The number of hydrogen-bond acceptors (Lipinski definition) is 13. The average Bonchev–Trinajstić information content (AvgIpc) is 3.46. The highest BCUT2D eigenvalue weighted by Crippen LogP contribution is 2.54. The van der Waals surface area contributed by atoms with E-state index in [9.17, 15) is 21.6 Å². The molecular formula is C53H77F3O13SSi. The molecule has 0 aromatic heterocycles. The Morgan fingerprint density at radius 2 is 1.35 bits per heavy atom. The van der Waals surface area contributed by atoms with E-state index in [1.54, 1.807) is 0 Å². The number of benzene rings is 2. The fraction of sp³-hybridized carbons (Fsp3) is 0.774. The fourth-order valence-corrected chi connectivity index (χ4v) is 16.4. The van der Waals surface area contributed by atoms with Crippen LogP contribution in [0, 0.1) is 0 Å². The molecule has 398 valence electrons. The maximum Gasteiger partial charge on any atom is 0.523 e. The van der Waals surface area contributed by atoms with Crippen molar-refractivity contribution in [3.63, 3.8) is 0 Å². The van der Waals surface area contributed by atoms with Crippen molar-refractivity contribution in [2.45, 2.75) is 245 Å². The van der Waals surface area contributed by atoms with Gasteiger partial charge in [0.2, 0.25) is 0 Å². The number of ether oxygens (including phenoxy) is 9. The third-order valence-electron chi connectivity index (χ3n) is 17.3. The molecule has 16 atom stereocenters. The summed E-state index contributed by atoms with van der Waals surface area (Å²) in [6, 6.07) is 22.8. The molecule has 18 heteroatoms. The normalized spacial score (nSPS) is 40.5. The molecule has 0 N–H and O–H groups in total. The summed E-state index contributed by atoms with van der Waals surface area (Å²) in [5.41, 5.74) is -6.69. The lowest BCUT2D eigenvalue weighted by Crippen LogP contribution is -2.72. The number of fused-ring (bicyclic) bond motifs is 6. The van der Waals surface area contributed by atoms with Crippen LogP contribution in [0.2, 0.25) is 18.1 Å². The Labute approximate surface area is 419 Å². The van der Waals surface area contributed by atoms with Gasteiger partial charge in [0, 0.05) is 45.1 Å². The lowest BCUT2D eigenvalue weighted by atomic mass is 9.72. The molecule has 0 radical (unpaired) electrons. The van der Waals surface area contributed by atoms with E-state index in [1.807, 2.05) is 50.2 Å². The standard InChI is InChI=1S/C53H77F3O13SSi/c1-8-71(9-2,10-3)68-41-28-45-51(6,67-43(41)33-61-70(57,58)53(54,55)56)34-50(5)44(65-45)24-23-38-40(66-50)27-39-42(63-38)30-49(4)46(64-39)29-48-52(7,69-49)47(60-32-36-20-15-12-16-21-36)26-37(62-48)22-17-25-59-31-35-18-13-11-14-19-35/h11-16,18-21,37-48H,8-10,17,22-34H2,1-7H3/t37-,38+,39+,40-,41-,42-,43+,44-,45+,46-,47-,48+,49+,50+,51-,52-/m0/s1. The van der Waals surface area contributed by atoms with Gasteiger partial charge in [-0.05, 0) is 82.6 Å². The summed E-state index contributed by atoms with van der Waals surface area (Å²) in [6.45, 7) is 15.2. The van der Waals surface area contributed by atoms with E-state index >= 15 is 0 Å². The summed E-state index contributed by atoms with van der Waals surface area (Å²) in [5, 5.41) is 0. The van der Waals surface area contributed by atoms with Gasteiger partial charge < -0.3 is 47.1 Å². The lowest BCUT2D eigenvalue weighted by Gasteiger charge is -2.62. The molecule has 7 fully saturated rings. The number of hydrogen-bond donors (Lipinski definition) is 0. The number of halogens is 3. The molecule has 7 aliphatic rings. The van der Waals surface area contributed by atoms with E-state index in [-0.39, 0.29) is 54.9 Å². The zero-order valence-electron chi connectivity index (χ0n) is 42.6. The van der Waals surface area contributed by atoms with Crippen LogP contribution in [0.5, 0.6) is 0 Å². The Morgan fingerprint density at radius 1 is 0.690 bits per heavy atom. The Balaban J connectivity index is 0.883. The second-order valence-electron chi connectivity index (χ2n) is 22.2. The first-order valence-corrected chi connectivity index (χ1v) is 30.2. The molecule has 71 heavy (non-hydrogen) atoms. The van der Waals surface area contributed by atoms with Crippen molar-refractivity contribution in [1.29, 1.82) is 0 Å². The molecule has 0 unspecified atom stereocenters. The highest BCUT2D eigenvalue weighted by Gasteiger charge is 2.65. The minimum atomic E-state index is -5.87. The van der Waals surface area contributed by atoms with Crippen molar-refractivity contribution in [2.75, 3.05) is 13.2 Å². The summed E-state index contributed by atoms with van der Waals surface area (Å²) >= 11 is 0. The van der Waals surface area contributed by atoms with E-state index < -0.39 is 71.3 Å². The van der Waals surface area contributed by atoms with Crippen molar-refractivity contribution in [3.05, 3.63) is 71.8 Å². The second kappa shape index (κ2) is 21.2. The monoisotopic (exact) mass is 1040 g/mol. The highest BCUT2D eigenvalue weighted by atomic mass is 32.2. The van der Waals surface area contributed by atoms with Crippen molar-refractivity contribution >= 4 is 18.4 Å². The summed E-state index contributed by atoms with van der Waals surface area (Å²) in [5.74, 6) is 0. The van der Waals surface area contributed by atoms with Gasteiger partial charge in [-0.25, -0.2) is 0 Å². The van der Waals surface area contributed by atoms with Gasteiger partial charge in [0.15, 0.2) is 8.32 Å². The Hall–Kier alpha value is -2.04. The van der Waals surface area contributed by atoms with E-state index in [2.05, 4.69) is 63.1 Å². The fourth-order valence-electron chi connectivity index (χ4n) is 13.1. The zero-order chi connectivity index (χ0) is 50.5. The predicted octanol–water partition coefficient (Wildman–Crippen LogP) is 9.88. The molecule has 0 spiro atoms. The maximum absolute atomic E-state index is 13.5. The van der Waals surface area contributed by atoms with Crippen LogP contribution in [0.1, 0.15) is 124 Å². The Bertz CT molecular complexity index is 2190. The maximum atomic E-state index is 13.5. The van der Waals surface area contributed by atoms with Crippen LogP contribution in [-0.4, -0.2) is 131 Å². The van der Waals surface area contributed by atoms with Gasteiger partial charge in [-0.3, -0.25) is 4.18 Å². The Morgan fingerprint density at radius 3 is 2.03 bits per heavy atom. The minimum Gasteiger partial charge on any atom is -0.411 e. The molecule has 0 amide bonds. The topological polar surface area (TPSA) is 136 Å². The average molecular weight is 1040 g/mol. The van der Waals surface area contributed by atoms with Gasteiger partial charge >= 0.3 is 15.6 Å². The van der Waals surface area contributed by atoms with E-state index in [1.165, 1.54) is 0 Å². The van der Waals surface area contributed by atoms with Gasteiger partial charge in [0.1, 0.15) is 11.7 Å². The Kier molecular flexibility index (Phi) is 16.0. The molecule has 7 heterocycles. The van der Waals surface area contributed by atoms with Crippen LogP contribution >= 0.6 is 0 Å². The van der Waals surface area contributed by atoms with E-state index in [0.717, 1.165) is 42.1 Å². The zero-order valence-corrected chi connectivity index (χ0v) is 44.4. The van der Waals surface area contributed by atoms with Gasteiger partial charge in [0.05, 0.1) is 104 Å². The predicted molar refractivity (Wildman–Crippen MR) is 259 cm³/mol. The summed E-state index contributed by atoms with van der Waals surface area (Å²) in [4.78, 5) is 0. The van der Waals surface area contributed by atoms with Gasteiger partial charge in [-0.1, -0.05) is 81.4 Å². The summed E-state index contributed by atoms with van der Waals surface area (Å²) in [7, 11) is -8.22. The molecule has 0 saturated carbocycles. The first kappa shape index (κ1) is 53.8. The number of alkyl halides is 3. The van der Waals surface area contributed by atoms with Crippen molar-refractivity contribution in [2.24, 2.45) is 0 Å². The van der Waals surface area contributed by atoms with Crippen LogP contribution < -0.4 is 0 Å². The van der Waals surface area contributed by atoms with Crippen LogP contribution in [0.25, 0.3) is 0 Å². The molecular weight excluding hydrogens is 962 g/mol. The third-order valence-corrected chi connectivity index (χ3v) is 23.0. The molecule has 0 aliphatic carbocycles. The number of rotatable bonds is 17. The first-order valence-electron chi connectivity index (χ1n) is 26.3. The van der Waals surface area contributed by atoms with Crippen LogP contribution in [0.3, 0.4) is 0 Å². The highest BCUT2D eigenvalue weighted by molar-refractivity contribution is 7.87. The molecule has 2 aromatic rings. The molecule has 7 aliphatic heterocycles. The second-order valence-corrected chi connectivity index (χ2v) is 28.6. The van der Waals surface area contributed by atoms with Crippen molar-refractivity contribution in [1.82, 2.24) is 0 Å². The van der Waals surface area contributed by atoms with Crippen LogP contribution in [0.15, 0.2) is 60.7 Å². The molecule has 9 rings (SSSR count). The van der Waals surface area contributed by atoms with Crippen LogP contribution in [-0.2, 0) is 74.6 Å². The largest absolute Gasteiger partial charge is 0.523 e. The lowest BCUT2D eigenvalue weighted by molar-refractivity contribution is -0.373. The van der Waals surface area contributed by atoms with Crippen molar-refractivity contribution in [3.8, 4) is 0 Å².